The van der Waals surface area contributed by atoms with Crippen LogP contribution in [-0.4, -0.2) is 10.2 Å². The molecule has 0 saturated carbocycles. The van der Waals surface area contributed by atoms with Crippen molar-refractivity contribution >= 4 is 32.5 Å². The van der Waals surface area contributed by atoms with Crippen LogP contribution >= 0.6 is 15.9 Å². The topological polar surface area (TPSA) is 40.7 Å². The fourth-order valence-electron chi connectivity index (χ4n) is 2.99. The molecule has 0 amide bonds. The van der Waals surface area contributed by atoms with E-state index in [1.165, 1.54) is 15.6 Å². The third-order valence-corrected chi connectivity index (χ3v) is 4.74. The molecule has 3 aromatic rings. The molecule has 0 radical (unpaired) electrons. The molecule has 4 rings (SSSR count). The Kier molecular flexibility index (Phi) is 2.77. The van der Waals surface area contributed by atoms with Gasteiger partial charge in [0, 0.05) is 15.5 Å². The Morgan fingerprint density at radius 2 is 2.20 bits per heavy atom. The molecule has 4 heteroatoms. The number of aromatic amines is 1. The van der Waals surface area contributed by atoms with Crippen molar-refractivity contribution in [2.75, 3.05) is 5.32 Å². The second-order valence-electron chi connectivity index (χ2n) is 5.22. The monoisotopic (exact) mass is 327 g/mol. The zero-order valence-corrected chi connectivity index (χ0v) is 12.4. The van der Waals surface area contributed by atoms with Gasteiger partial charge in [0.2, 0.25) is 0 Å². The summed E-state index contributed by atoms with van der Waals surface area (Å²) in [5, 5.41) is 11.8. The van der Waals surface area contributed by atoms with Gasteiger partial charge in [-0.25, -0.2) is 0 Å². The highest BCUT2D eigenvalue weighted by Gasteiger charge is 2.23. The number of hydrogen-bond acceptors (Lipinski definition) is 2. The summed E-state index contributed by atoms with van der Waals surface area (Å²) in [6, 6.07) is 13.2. The van der Waals surface area contributed by atoms with Crippen molar-refractivity contribution in [1.82, 2.24) is 10.2 Å². The van der Waals surface area contributed by atoms with E-state index >= 15 is 0 Å². The number of hydrogen-bond donors (Lipinski definition) is 2. The first-order valence-electron chi connectivity index (χ1n) is 6.78. The number of fused-ring (bicyclic) bond motifs is 2. The van der Waals surface area contributed by atoms with Crippen molar-refractivity contribution in [3.63, 3.8) is 0 Å². The minimum Gasteiger partial charge on any atom is -0.378 e. The average molecular weight is 328 g/mol. The van der Waals surface area contributed by atoms with E-state index in [4.69, 9.17) is 0 Å². The fraction of sp³-hybridized carbons (Fsp3) is 0.188. The van der Waals surface area contributed by atoms with Gasteiger partial charge in [0.05, 0.1) is 17.8 Å². The summed E-state index contributed by atoms with van der Waals surface area (Å²) >= 11 is 3.65. The molecular weight excluding hydrogens is 314 g/mol. The van der Waals surface area contributed by atoms with Crippen LogP contribution in [-0.2, 0) is 6.42 Å². The van der Waals surface area contributed by atoms with Crippen LogP contribution in [0.5, 0.6) is 0 Å². The minimum absolute atomic E-state index is 0.395. The standard InChI is InChI=1S/C16H14BrN3/c17-14-3-1-2-13-12(14)5-7-16(13)19-11-4-6-15-10(8-11)9-18-20-15/h1-4,6,8-9,16,19H,5,7H2,(H,18,20). The van der Waals surface area contributed by atoms with Crippen LogP contribution in [0.1, 0.15) is 23.6 Å². The Balaban J connectivity index is 1.66. The Morgan fingerprint density at radius 3 is 3.15 bits per heavy atom. The molecule has 1 unspecified atom stereocenters. The van der Waals surface area contributed by atoms with Crippen molar-refractivity contribution in [2.24, 2.45) is 0 Å². The summed E-state index contributed by atoms with van der Waals surface area (Å²) in [7, 11) is 0. The normalized spacial score (nSPS) is 17.4. The van der Waals surface area contributed by atoms with Gasteiger partial charge in [-0.15, -0.1) is 0 Å². The molecule has 1 aliphatic carbocycles. The molecule has 0 fully saturated rings. The Labute approximate surface area is 125 Å². The minimum atomic E-state index is 0.395. The second-order valence-corrected chi connectivity index (χ2v) is 6.07. The Hall–Kier alpha value is -1.81. The number of aromatic nitrogens is 2. The summed E-state index contributed by atoms with van der Waals surface area (Å²) < 4.78 is 1.23. The Morgan fingerprint density at radius 1 is 1.25 bits per heavy atom. The number of H-pyrrole nitrogens is 1. The summed E-state index contributed by atoms with van der Waals surface area (Å²) in [6.07, 6.45) is 4.13. The van der Waals surface area contributed by atoms with Gasteiger partial charge in [0.1, 0.15) is 0 Å². The van der Waals surface area contributed by atoms with Crippen LogP contribution in [0, 0.1) is 0 Å². The molecule has 0 aliphatic heterocycles. The molecule has 3 nitrogen and oxygen atoms in total. The molecule has 0 saturated heterocycles. The van der Waals surface area contributed by atoms with Crippen molar-refractivity contribution in [3.8, 4) is 0 Å². The van der Waals surface area contributed by atoms with E-state index < -0.39 is 0 Å². The highest BCUT2D eigenvalue weighted by atomic mass is 79.9. The summed E-state index contributed by atoms with van der Waals surface area (Å²) in [5.41, 5.74) is 5.07. The number of benzene rings is 2. The van der Waals surface area contributed by atoms with E-state index in [9.17, 15) is 0 Å². The number of anilines is 1. The van der Waals surface area contributed by atoms with E-state index in [0.29, 0.717) is 6.04 Å². The van der Waals surface area contributed by atoms with Gasteiger partial charge in [0.25, 0.3) is 0 Å². The maximum atomic E-state index is 4.06. The lowest BCUT2D eigenvalue weighted by atomic mass is 10.1. The second kappa shape index (κ2) is 4.63. The van der Waals surface area contributed by atoms with Gasteiger partial charge in [-0.3, -0.25) is 5.10 Å². The molecule has 20 heavy (non-hydrogen) atoms. The first kappa shape index (κ1) is 12.0. The fourth-order valence-corrected chi connectivity index (χ4v) is 3.57. The van der Waals surface area contributed by atoms with Gasteiger partial charge in [-0.2, -0.15) is 5.10 Å². The van der Waals surface area contributed by atoms with Crippen LogP contribution in [0.2, 0.25) is 0 Å². The third kappa shape index (κ3) is 1.91. The molecule has 1 heterocycles. The first-order valence-corrected chi connectivity index (χ1v) is 7.57. The molecule has 1 atom stereocenters. The zero-order valence-electron chi connectivity index (χ0n) is 10.9. The zero-order chi connectivity index (χ0) is 13.5. The van der Waals surface area contributed by atoms with Crippen molar-refractivity contribution in [1.29, 1.82) is 0 Å². The lowest BCUT2D eigenvalue weighted by Crippen LogP contribution is -2.06. The van der Waals surface area contributed by atoms with Gasteiger partial charge in [-0.05, 0) is 48.2 Å². The highest BCUT2D eigenvalue weighted by Crippen LogP contribution is 2.37. The maximum absolute atomic E-state index is 4.06. The predicted molar refractivity (Wildman–Crippen MR) is 84.9 cm³/mol. The number of rotatable bonds is 2. The molecule has 0 spiro atoms. The largest absolute Gasteiger partial charge is 0.378 e. The van der Waals surface area contributed by atoms with Gasteiger partial charge >= 0.3 is 0 Å². The SMILES string of the molecule is Brc1cccc2c1CCC2Nc1ccc2[nH]ncc2c1. The molecule has 2 aromatic carbocycles. The first-order chi connectivity index (χ1) is 9.81. The van der Waals surface area contributed by atoms with E-state index in [0.717, 1.165) is 29.4 Å². The number of halogens is 1. The van der Waals surface area contributed by atoms with Crippen LogP contribution in [0.25, 0.3) is 10.9 Å². The molecule has 1 aliphatic rings. The summed E-state index contributed by atoms with van der Waals surface area (Å²) in [5.74, 6) is 0. The van der Waals surface area contributed by atoms with E-state index in [-0.39, 0.29) is 0 Å². The third-order valence-electron chi connectivity index (χ3n) is 3.99. The average Bonchev–Trinajstić information content (AvgIpc) is 3.06. The molecular formula is C16H14BrN3. The molecule has 2 N–H and O–H groups in total. The smallest absolute Gasteiger partial charge is 0.0651 e. The molecule has 100 valence electrons. The van der Waals surface area contributed by atoms with Crippen LogP contribution < -0.4 is 5.32 Å². The lowest BCUT2D eigenvalue weighted by Gasteiger charge is -2.15. The van der Waals surface area contributed by atoms with Gasteiger partial charge < -0.3 is 5.32 Å². The lowest BCUT2D eigenvalue weighted by molar-refractivity contribution is 0.762. The number of nitrogens with zero attached hydrogens (tertiary/aromatic N) is 1. The van der Waals surface area contributed by atoms with Crippen molar-refractivity contribution in [2.45, 2.75) is 18.9 Å². The highest BCUT2D eigenvalue weighted by molar-refractivity contribution is 9.10. The predicted octanol–water partition coefficient (Wildman–Crippen LogP) is 4.42. The Bertz CT molecular complexity index is 778. The van der Waals surface area contributed by atoms with Gasteiger partial charge in [0.15, 0.2) is 0 Å². The molecule has 1 aromatic heterocycles. The quantitative estimate of drug-likeness (QED) is 0.731. The number of nitrogens with one attached hydrogen (secondary N) is 2. The van der Waals surface area contributed by atoms with Crippen LogP contribution in [0.3, 0.4) is 0 Å². The maximum Gasteiger partial charge on any atom is 0.0651 e. The van der Waals surface area contributed by atoms with Crippen molar-refractivity contribution in [3.05, 3.63) is 58.2 Å². The van der Waals surface area contributed by atoms with Crippen molar-refractivity contribution < 1.29 is 0 Å². The summed E-state index contributed by atoms with van der Waals surface area (Å²) in [4.78, 5) is 0. The van der Waals surface area contributed by atoms with Crippen LogP contribution in [0.4, 0.5) is 5.69 Å². The summed E-state index contributed by atoms with van der Waals surface area (Å²) in [6.45, 7) is 0. The molecule has 0 bridgehead atoms. The van der Waals surface area contributed by atoms with Gasteiger partial charge in [-0.1, -0.05) is 28.1 Å². The van der Waals surface area contributed by atoms with Crippen LogP contribution in [0.15, 0.2) is 47.1 Å². The van der Waals surface area contributed by atoms with E-state index in [1.54, 1.807) is 0 Å². The van der Waals surface area contributed by atoms with E-state index in [1.807, 2.05) is 6.20 Å². The van der Waals surface area contributed by atoms with E-state index in [2.05, 4.69) is 67.8 Å².